The van der Waals surface area contributed by atoms with Crippen molar-refractivity contribution < 1.29 is 9.53 Å². The molecule has 1 amide bonds. The Kier molecular flexibility index (Phi) is 6.63. The maximum absolute atomic E-state index is 11.8. The molecule has 0 unspecified atom stereocenters. The predicted octanol–water partition coefficient (Wildman–Crippen LogP) is 4.77. The van der Waals surface area contributed by atoms with Crippen LogP contribution in [0, 0.1) is 0 Å². The molecule has 2 fully saturated rings. The van der Waals surface area contributed by atoms with Crippen LogP contribution in [0.15, 0.2) is 67.4 Å². The molecule has 0 spiro atoms. The van der Waals surface area contributed by atoms with Crippen LogP contribution in [0.3, 0.4) is 0 Å². The molecule has 3 aromatic rings. The first-order valence-electron chi connectivity index (χ1n) is 12.0. The first-order chi connectivity index (χ1) is 17.1. The summed E-state index contributed by atoms with van der Waals surface area (Å²) in [6.45, 7) is 7.73. The summed E-state index contributed by atoms with van der Waals surface area (Å²) in [6, 6.07) is 15.6. The minimum absolute atomic E-state index is 0.298. The molecule has 1 aromatic heterocycles. The van der Waals surface area contributed by atoms with Crippen LogP contribution in [0.5, 0.6) is 11.6 Å². The molecule has 8 heteroatoms. The summed E-state index contributed by atoms with van der Waals surface area (Å²) < 4.78 is 6.22. The quantitative estimate of drug-likeness (QED) is 0.459. The molecular weight excluding hydrogens is 440 g/mol. The maximum atomic E-state index is 11.8. The Morgan fingerprint density at radius 1 is 1.09 bits per heavy atom. The maximum Gasteiger partial charge on any atom is 0.247 e. The molecule has 5 rings (SSSR count). The number of nitrogens with zero attached hydrogens (tertiary/aromatic N) is 4. The van der Waals surface area contributed by atoms with Crippen LogP contribution in [0.4, 0.5) is 23.0 Å². The van der Waals surface area contributed by atoms with Crippen molar-refractivity contribution >= 4 is 28.9 Å². The van der Waals surface area contributed by atoms with Gasteiger partial charge in [-0.3, -0.25) is 4.79 Å². The number of hydrogen-bond acceptors (Lipinski definition) is 7. The predicted molar refractivity (Wildman–Crippen MR) is 139 cm³/mol. The second-order valence-electron chi connectivity index (χ2n) is 8.98. The van der Waals surface area contributed by atoms with E-state index >= 15 is 0 Å². The first-order valence-corrected chi connectivity index (χ1v) is 12.0. The van der Waals surface area contributed by atoms with Gasteiger partial charge in [-0.2, -0.15) is 4.98 Å². The van der Waals surface area contributed by atoms with Crippen LogP contribution in [0.2, 0.25) is 0 Å². The molecule has 0 atom stereocenters. The van der Waals surface area contributed by atoms with E-state index in [0.717, 1.165) is 50.3 Å². The van der Waals surface area contributed by atoms with Gasteiger partial charge in [0.25, 0.3) is 0 Å². The van der Waals surface area contributed by atoms with Crippen molar-refractivity contribution in [1.29, 1.82) is 0 Å². The number of likely N-dealkylation sites (N-methyl/N-ethyl adjacent to an activating group) is 1. The van der Waals surface area contributed by atoms with Crippen LogP contribution in [-0.4, -0.2) is 54.0 Å². The number of aromatic nitrogens is 2. The molecular formula is C27H30N6O2. The van der Waals surface area contributed by atoms with Gasteiger partial charge in [0.1, 0.15) is 0 Å². The lowest BCUT2D eigenvalue weighted by atomic mass is 10.2. The lowest BCUT2D eigenvalue weighted by molar-refractivity contribution is -0.111. The van der Waals surface area contributed by atoms with Gasteiger partial charge in [0.05, 0.1) is 5.69 Å². The van der Waals surface area contributed by atoms with E-state index in [1.54, 1.807) is 6.07 Å². The average molecular weight is 471 g/mol. The number of amides is 1. The van der Waals surface area contributed by atoms with Crippen LogP contribution in [-0.2, 0) is 4.79 Å². The van der Waals surface area contributed by atoms with Crippen molar-refractivity contribution in [2.45, 2.75) is 18.8 Å². The highest BCUT2D eigenvalue weighted by Gasteiger charge is 2.29. The summed E-state index contributed by atoms with van der Waals surface area (Å²) >= 11 is 0. The number of anilines is 4. The molecule has 8 nitrogen and oxygen atoms in total. The highest BCUT2D eigenvalue weighted by Crippen LogP contribution is 2.45. The molecule has 1 saturated carbocycles. The Morgan fingerprint density at radius 2 is 1.83 bits per heavy atom. The van der Waals surface area contributed by atoms with E-state index in [0.29, 0.717) is 29.2 Å². The van der Waals surface area contributed by atoms with Gasteiger partial charge < -0.3 is 25.2 Å². The molecule has 2 aliphatic rings. The molecule has 1 saturated heterocycles. The third kappa shape index (κ3) is 5.60. The zero-order valence-corrected chi connectivity index (χ0v) is 19.9. The van der Waals surface area contributed by atoms with Crippen molar-refractivity contribution in [1.82, 2.24) is 14.9 Å². The monoisotopic (exact) mass is 470 g/mol. The normalized spacial score (nSPS) is 16.0. The van der Waals surface area contributed by atoms with Crippen molar-refractivity contribution in [2.24, 2.45) is 0 Å². The molecule has 1 aliphatic heterocycles. The molecule has 35 heavy (non-hydrogen) atoms. The highest BCUT2D eigenvalue weighted by atomic mass is 16.5. The summed E-state index contributed by atoms with van der Waals surface area (Å²) in [5, 5.41) is 6.08. The fourth-order valence-electron chi connectivity index (χ4n) is 4.09. The minimum Gasteiger partial charge on any atom is -0.436 e. The fourth-order valence-corrected chi connectivity index (χ4v) is 4.09. The van der Waals surface area contributed by atoms with Gasteiger partial charge in [-0.05, 0) is 68.3 Å². The number of ether oxygens (including phenoxy) is 1. The smallest absolute Gasteiger partial charge is 0.247 e. The largest absolute Gasteiger partial charge is 0.436 e. The fraction of sp³-hybridized carbons (Fsp3) is 0.296. The van der Waals surface area contributed by atoms with E-state index in [1.807, 2.05) is 36.5 Å². The van der Waals surface area contributed by atoms with E-state index < -0.39 is 0 Å². The summed E-state index contributed by atoms with van der Waals surface area (Å²) in [7, 11) is 2.16. The highest BCUT2D eigenvalue weighted by molar-refractivity contribution is 5.99. The number of nitrogens with one attached hydrogen (secondary N) is 2. The van der Waals surface area contributed by atoms with Crippen LogP contribution in [0.1, 0.15) is 24.3 Å². The second kappa shape index (κ2) is 10.1. The molecule has 2 N–H and O–H groups in total. The average Bonchev–Trinajstić information content (AvgIpc) is 3.72. The summed E-state index contributed by atoms with van der Waals surface area (Å²) in [4.78, 5) is 25.8. The Balaban J connectivity index is 1.34. The van der Waals surface area contributed by atoms with Crippen molar-refractivity contribution in [3.63, 3.8) is 0 Å². The minimum atomic E-state index is -0.298. The Labute approximate surface area is 205 Å². The third-order valence-electron chi connectivity index (χ3n) is 6.33. The molecule has 1 aliphatic carbocycles. The van der Waals surface area contributed by atoms with Crippen LogP contribution < -0.4 is 20.3 Å². The zero-order chi connectivity index (χ0) is 24.2. The number of rotatable bonds is 8. The first kappa shape index (κ1) is 22.9. The van der Waals surface area contributed by atoms with Gasteiger partial charge in [-0.1, -0.05) is 18.7 Å². The standard InChI is InChI=1S/C27H30N6O2/c1-3-25(34)30-23-6-4-5-7-24(23)35-26-22(19-8-9-19)18-28-27(31-26)29-20-10-12-21(13-11-20)33-16-14-32(2)15-17-33/h3-7,10-13,18-19H,1,8-9,14-17H2,2H3,(H,30,34)(H,28,29,31). The Bertz CT molecular complexity index is 1200. The van der Waals surface area contributed by atoms with Gasteiger partial charge in [0, 0.05) is 49.3 Å². The molecule has 0 bridgehead atoms. The third-order valence-corrected chi connectivity index (χ3v) is 6.33. The van der Waals surface area contributed by atoms with Gasteiger partial charge >= 0.3 is 0 Å². The van der Waals surface area contributed by atoms with E-state index in [2.05, 4.69) is 51.2 Å². The van der Waals surface area contributed by atoms with Crippen molar-refractivity contribution in [3.05, 3.63) is 72.9 Å². The van der Waals surface area contributed by atoms with Crippen LogP contribution in [0.25, 0.3) is 0 Å². The van der Waals surface area contributed by atoms with E-state index in [-0.39, 0.29) is 5.91 Å². The number of para-hydroxylation sites is 2. The molecule has 180 valence electrons. The van der Waals surface area contributed by atoms with Crippen molar-refractivity contribution in [3.8, 4) is 11.6 Å². The summed E-state index contributed by atoms with van der Waals surface area (Å²) in [5.74, 6) is 1.58. The Hall–Kier alpha value is -3.91. The second-order valence-corrected chi connectivity index (χ2v) is 8.98. The van der Waals surface area contributed by atoms with E-state index in [9.17, 15) is 4.79 Å². The van der Waals surface area contributed by atoms with Gasteiger partial charge in [-0.25, -0.2) is 4.98 Å². The zero-order valence-electron chi connectivity index (χ0n) is 19.9. The number of piperazine rings is 1. The van der Waals surface area contributed by atoms with Crippen LogP contribution >= 0.6 is 0 Å². The summed E-state index contributed by atoms with van der Waals surface area (Å²) in [6.07, 6.45) is 5.25. The van der Waals surface area contributed by atoms with Gasteiger partial charge in [0.2, 0.25) is 17.7 Å². The number of hydrogen-bond donors (Lipinski definition) is 2. The lowest BCUT2D eigenvalue weighted by Gasteiger charge is -2.34. The lowest BCUT2D eigenvalue weighted by Crippen LogP contribution is -2.44. The molecule has 0 radical (unpaired) electrons. The molecule has 2 aromatic carbocycles. The van der Waals surface area contributed by atoms with Crippen molar-refractivity contribution in [2.75, 3.05) is 48.8 Å². The SMILES string of the molecule is C=CC(=O)Nc1ccccc1Oc1nc(Nc2ccc(N3CCN(C)CC3)cc2)ncc1C1CC1. The van der Waals surface area contributed by atoms with E-state index in [4.69, 9.17) is 9.72 Å². The number of carbonyl (C=O) groups excluding carboxylic acids is 1. The topological polar surface area (TPSA) is 82.6 Å². The number of carbonyl (C=O) groups is 1. The molecule has 2 heterocycles. The number of benzene rings is 2. The summed E-state index contributed by atoms with van der Waals surface area (Å²) in [5.41, 5.74) is 3.67. The Morgan fingerprint density at radius 3 is 2.54 bits per heavy atom. The van der Waals surface area contributed by atoms with Gasteiger partial charge in [-0.15, -0.1) is 0 Å². The van der Waals surface area contributed by atoms with Gasteiger partial charge in [0.15, 0.2) is 5.75 Å². The van der Waals surface area contributed by atoms with E-state index in [1.165, 1.54) is 11.8 Å².